The maximum absolute atomic E-state index is 12.7. The number of anilines is 2. The molecule has 1 saturated carbocycles. The van der Waals surface area contributed by atoms with E-state index in [1.54, 1.807) is 6.20 Å². The van der Waals surface area contributed by atoms with Crippen molar-refractivity contribution in [3.8, 4) is 0 Å². The fraction of sp³-hybridized carbons (Fsp3) is 0.462. The Morgan fingerprint density at radius 2 is 1.97 bits per heavy atom. The number of piperidine rings is 1. The molecule has 0 bridgehead atoms. The zero-order valence-corrected chi connectivity index (χ0v) is 18.4. The fourth-order valence-corrected chi connectivity index (χ4v) is 6.18. The minimum atomic E-state index is -0.167. The number of aromatic nitrogens is 2. The molecule has 2 fully saturated rings. The highest BCUT2D eigenvalue weighted by atomic mass is 16.2. The first kappa shape index (κ1) is 19.6. The number of benzene rings is 2. The van der Waals surface area contributed by atoms with Crippen LogP contribution in [-0.4, -0.2) is 29.3 Å². The quantitative estimate of drug-likeness (QED) is 0.523. The maximum Gasteiger partial charge on any atom is 0.319 e. The summed E-state index contributed by atoms with van der Waals surface area (Å²) in [6.07, 6.45) is 10.7. The van der Waals surface area contributed by atoms with Crippen molar-refractivity contribution in [1.82, 2.24) is 15.5 Å². The molecule has 3 N–H and O–H groups in total. The number of aromatic amines is 1. The van der Waals surface area contributed by atoms with Gasteiger partial charge in [-0.15, -0.1) is 0 Å². The minimum Gasteiger partial charge on any atom is -0.371 e. The Balaban J connectivity index is 1.13. The van der Waals surface area contributed by atoms with E-state index in [4.69, 9.17) is 0 Å². The number of hydrogen-bond acceptors (Lipinski definition) is 3. The van der Waals surface area contributed by atoms with Crippen molar-refractivity contribution in [3.05, 3.63) is 53.7 Å². The van der Waals surface area contributed by atoms with E-state index in [1.807, 2.05) is 18.2 Å². The van der Waals surface area contributed by atoms with E-state index in [2.05, 4.69) is 43.9 Å². The van der Waals surface area contributed by atoms with Crippen LogP contribution in [0, 0.1) is 11.8 Å². The number of hydrogen-bond donors (Lipinski definition) is 3. The molecule has 6 heteroatoms. The number of aryl methyl sites for hydroxylation is 1. The summed E-state index contributed by atoms with van der Waals surface area (Å²) < 4.78 is 0. The molecular formula is C26H31N5O. The molecule has 0 radical (unpaired) electrons. The molecule has 6 nitrogen and oxygen atoms in total. The number of amides is 2. The number of H-pyrrole nitrogens is 1. The Hall–Kier alpha value is -3.02. The predicted molar refractivity (Wildman–Crippen MR) is 128 cm³/mol. The summed E-state index contributed by atoms with van der Waals surface area (Å²) in [5.41, 5.74) is 5.70. The van der Waals surface area contributed by atoms with E-state index in [9.17, 15) is 4.79 Å². The average molecular weight is 430 g/mol. The zero-order valence-electron chi connectivity index (χ0n) is 18.4. The highest BCUT2D eigenvalue weighted by molar-refractivity contribution is 6.00. The Bertz CT molecular complexity index is 1140. The van der Waals surface area contributed by atoms with Gasteiger partial charge in [-0.05, 0) is 72.9 Å². The van der Waals surface area contributed by atoms with Crippen molar-refractivity contribution in [2.75, 3.05) is 23.3 Å². The first-order valence-electron chi connectivity index (χ1n) is 12.1. The normalized spacial score (nSPS) is 24.8. The molecule has 1 saturated heterocycles. The first-order valence-corrected chi connectivity index (χ1v) is 12.1. The number of nitrogens with zero attached hydrogens (tertiary/aromatic N) is 2. The van der Waals surface area contributed by atoms with Crippen LogP contribution in [0.15, 0.2) is 42.6 Å². The fourth-order valence-electron chi connectivity index (χ4n) is 6.18. The molecule has 3 aromatic rings. The second-order valence-electron chi connectivity index (χ2n) is 9.75. The Morgan fingerprint density at radius 1 is 1.06 bits per heavy atom. The van der Waals surface area contributed by atoms with Gasteiger partial charge in [0.05, 0.1) is 23.4 Å². The molecule has 6 rings (SSSR count). The summed E-state index contributed by atoms with van der Waals surface area (Å²) >= 11 is 0. The largest absolute Gasteiger partial charge is 0.371 e. The lowest BCUT2D eigenvalue weighted by molar-refractivity contribution is 0.202. The number of rotatable bonds is 3. The van der Waals surface area contributed by atoms with Crippen LogP contribution in [0.4, 0.5) is 16.2 Å². The maximum atomic E-state index is 12.7. The number of urea groups is 1. The molecule has 1 aromatic heterocycles. The summed E-state index contributed by atoms with van der Waals surface area (Å²) in [6, 6.07) is 12.6. The van der Waals surface area contributed by atoms with Gasteiger partial charge in [0, 0.05) is 24.2 Å². The third kappa shape index (κ3) is 3.61. The standard InChI is InChI=1S/C26H31N5O/c32-26(28-23-6-3-7-25-22(23)15-27-30-25)29-24-11-8-18-14-20(9-10-21(18)24)31-13-12-17-4-1-2-5-19(17)16-31/h3,6-7,9-10,14-15,17,19,24H,1-2,4-5,8,11-13,16H2,(H,27,30)(H2,28,29,32). The van der Waals surface area contributed by atoms with Gasteiger partial charge in [-0.3, -0.25) is 5.10 Å². The van der Waals surface area contributed by atoms with Gasteiger partial charge in [0.1, 0.15) is 0 Å². The molecule has 1 aliphatic heterocycles. The van der Waals surface area contributed by atoms with Gasteiger partial charge in [0.25, 0.3) is 0 Å². The molecule has 2 aliphatic carbocycles. The molecule has 2 heterocycles. The molecule has 166 valence electrons. The first-order chi connectivity index (χ1) is 15.7. The third-order valence-corrected chi connectivity index (χ3v) is 7.90. The van der Waals surface area contributed by atoms with Crippen LogP contribution in [-0.2, 0) is 6.42 Å². The van der Waals surface area contributed by atoms with Crippen molar-refractivity contribution >= 4 is 28.3 Å². The zero-order chi connectivity index (χ0) is 21.5. The van der Waals surface area contributed by atoms with Crippen LogP contribution in [0.5, 0.6) is 0 Å². The SMILES string of the molecule is O=C(Nc1cccc2[nH]ncc12)NC1CCc2cc(N3CCC4CCCCC4C3)ccc21. The highest BCUT2D eigenvalue weighted by Gasteiger charge is 2.32. The van der Waals surface area contributed by atoms with Crippen LogP contribution in [0.1, 0.15) is 55.7 Å². The topological polar surface area (TPSA) is 73.0 Å². The molecule has 3 atom stereocenters. The minimum absolute atomic E-state index is 0.0617. The number of nitrogens with one attached hydrogen (secondary N) is 3. The summed E-state index contributed by atoms with van der Waals surface area (Å²) in [6.45, 7) is 2.40. The van der Waals surface area contributed by atoms with Crippen LogP contribution < -0.4 is 15.5 Å². The van der Waals surface area contributed by atoms with Gasteiger partial charge < -0.3 is 15.5 Å². The van der Waals surface area contributed by atoms with Crippen molar-refractivity contribution < 1.29 is 4.79 Å². The van der Waals surface area contributed by atoms with E-state index < -0.39 is 0 Å². The summed E-state index contributed by atoms with van der Waals surface area (Å²) in [5, 5.41) is 14.1. The van der Waals surface area contributed by atoms with Crippen molar-refractivity contribution in [1.29, 1.82) is 0 Å². The summed E-state index contributed by atoms with van der Waals surface area (Å²) in [5.74, 6) is 1.83. The van der Waals surface area contributed by atoms with Gasteiger partial charge in [-0.2, -0.15) is 5.10 Å². The lowest BCUT2D eigenvalue weighted by atomic mass is 9.75. The van der Waals surface area contributed by atoms with E-state index >= 15 is 0 Å². The van der Waals surface area contributed by atoms with E-state index in [0.29, 0.717) is 0 Å². The molecule has 0 spiro atoms. The van der Waals surface area contributed by atoms with Crippen molar-refractivity contribution in [3.63, 3.8) is 0 Å². The summed E-state index contributed by atoms with van der Waals surface area (Å²) in [4.78, 5) is 15.3. The Morgan fingerprint density at radius 3 is 2.91 bits per heavy atom. The van der Waals surface area contributed by atoms with Crippen molar-refractivity contribution in [2.45, 2.75) is 51.0 Å². The number of carbonyl (C=O) groups excluding carboxylic acids is 1. The second-order valence-corrected chi connectivity index (χ2v) is 9.75. The average Bonchev–Trinajstić information content (AvgIpc) is 3.46. The predicted octanol–water partition coefficient (Wildman–Crippen LogP) is 5.39. The van der Waals surface area contributed by atoms with Gasteiger partial charge >= 0.3 is 6.03 Å². The van der Waals surface area contributed by atoms with Crippen LogP contribution in [0.3, 0.4) is 0 Å². The molecule has 3 aliphatic rings. The lowest BCUT2D eigenvalue weighted by Crippen LogP contribution is -2.41. The molecule has 2 amide bonds. The highest BCUT2D eigenvalue weighted by Crippen LogP contribution is 2.39. The number of fused-ring (bicyclic) bond motifs is 3. The van der Waals surface area contributed by atoms with Crippen molar-refractivity contribution in [2.24, 2.45) is 11.8 Å². The second kappa shape index (κ2) is 8.15. The molecule has 3 unspecified atom stereocenters. The van der Waals surface area contributed by atoms with E-state index in [0.717, 1.165) is 41.3 Å². The lowest BCUT2D eigenvalue weighted by Gasteiger charge is -2.42. The van der Waals surface area contributed by atoms with Gasteiger partial charge in [0.15, 0.2) is 0 Å². The van der Waals surface area contributed by atoms with Crippen LogP contribution in [0.2, 0.25) is 0 Å². The van der Waals surface area contributed by atoms with Gasteiger partial charge in [-0.25, -0.2) is 4.79 Å². The monoisotopic (exact) mass is 429 g/mol. The molecular weight excluding hydrogens is 398 g/mol. The third-order valence-electron chi connectivity index (χ3n) is 7.90. The van der Waals surface area contributed by atoms with Gasteiger partial charge in [-0.1, -0.05) is 31.4 Å². The Labute approximate surface area is 188 Å². The number of carbonyl (C=O) groups is 1. The molecule has 32 heavy (non-hydrogen) atoms. The smallest absolute Gasteiger partial charge is 0.319 e. The van der Waals surface area contributed by atoms with Crippen LogP contribution >= 0.6 is 0 Å². The van der Waals surface area contributed by atoms with E-state index in [1.165, 1.54) is 62.0 Å². The van der Waals surface area contributed by atoms with Gasteiger partial charge in [0.2, 0.25) is 0 Å². The summed E-state index contributed by atoms with van der Waals surface area (Å²) in [7, 11) is 0. The van der Waals surface area contributed by atoms with E-state index in [-0.39, 0.29) is 12.1 Å². The Kier molecular flexibility index (Phi) is 5.01. The molecule has 2 aromatic carbocycles. The van der Waals surface area contributed by atoms with Crippen LogP contribution in [0.25, 0.3) is 10.9 Å².